The molecule has 30 heavy (non-hydrogen) atoms. The second kappa shape index (κ2) is 9.74. The van der Waals surface area contributed by atoms with Crippen molar-refractivity contribution < 1.29 is 41.1 Å². The van der Waals surface area contributed by atoms with Gasteiger partial charge in [-0.05, 0) is 18.2 Å². The van der Waals surface area contributed by atoms with E-state index in [9.17, 15) is 18.2 Å². The Morgan fingerprint density at radius 3 is 2.47 bits per heavy atom. The molecule has 0 spiro atoms. The van der Waals surface area contributed by atoms with Gasteiger partial charge in [-0.15, -0.1) is 0 Å². The second-order valence-electron chi connectivity index (χ2n) is 6.78. The van der Waals surface area contributed by atoms with E-state index in [-0.39, 0.29) is 13.0 Å². The first-order valence-electron chi connectivity index (χ1n) is 8.78. The number of rotatable bonds is 2. The van der Waals surface area contributed by atoms with E-state index in [1.807, 2.05) is 0 Å². The van der Waals surface area contributed by atoms with Crippen molar-refractivity contribution in [3.63, 3.8) is 0 Å². The zero-order valence-corrected chi connectivity index (χ0v) is 18.8. The van der Waals surface area contributed by atoms with Crippen LogP contribution in [0.2, 0.25) is 0 Å². The fraction of sp³-hybridized carbons (Fsp3) is 0.846. The maximum Gasteiger partial charge on any atom is 0.386 e. The van der Waals surface area contributed by atoms with Crippen LogP contribution in [-0.4, -0.2) is 73.7 Å². The van der Waals surface area contributed by atoms with Crippen molar-refractivity contribution in [1.29, 1.82) is 0 Å². The Labute approximate surface area is 181 Å². The number of ether oxygens (including phenoxy) is 1. The topological polar surface area (TPSA) is 160 Å². The van der Waals surface area contributed by atoms with Crippen LogP contribution < -0.4 is 11.5 Å². The number of thiol groups is 1. The number of nitrogens with two attached hydrogens (primary N) is 2. The van der Waals surface area contributed by atoms with E-state index in [0.717, 1.165) is 12.7 Å². The highest BCUT2D eigenvalue weighted by molar-refractivity contribution is 8.44. The fourth-order valence-corrected chi connectivity index (χ4v) is 6.45. The molecule has 0 radical (unpaired) electrons. The van der Waals surface area contributed by atoms with Gasteiger partial charge in [0.2, 0.25) is 0 Å². The Balaban J connectivity index is 1.88. The van der Waals surface area contributed by atoms with Crippen molar-refractivity contribution in [2.24, 2.45) is 27.4 Å². The van der Waals surface area contributed by atoms with Crippen LogP contribution in [0.5, 0.6) is 0 Å². The molecule has 1 saturated carbocycles. The summed E-state index contributed by atoms with van der Waals surface area (Å²) in [6.07, 6.45) is -7.05. The number of halogens is 2. The van der Waals surface area contributed by atoms with Gasteiger partial charge in [0.05, 0.1) is 31.9 Å². The Bertz CT molecular complexity index is 784. The largest absolute Gasteiger partial charge is 0.390 e. The first-order chi connectivity index (χ1) is 14.1. The summed E-state index contributed by atoms with van der Waals surface area (Å²) in [5.41, 5.74) is 10.5. The molecule has 3 rings (SSSR count). The molecule has 0 amide bonds. The molecule has 3 fully saturated rings. The Kier molecular flexibility index (Phi) is 7.93. The Morgan fingerprint density at radius 1 is 1.10 bits per heavy atom. The average molecular weight is 510 g/mol. The molecule has 11 nitrogen and oxygen atoms in total. The number of hydrogen-bond donors (Lipinski definition) is 4. The van der Waals surface area contributed by atoms with Crippen LogP contribution in [0.25, 0.3) is 0 Å². The lowest BCUT2D eigenvalue weighted by Gasteiger charge is -2.25. The highest BCUT2D eigenvalue weighted by Crippen LogP contribution is 2.58. The first kappa shape index (κ1) is 24.4. The minimum atomic E-state index is -4.13. The molecule has 172 valence electrons. The molecule has 2 aliphatic heterocycles. The van der Waals surface area contributed by atoms with Crippen LogP contribution in [0.3, 0.4) is 0 Å². The highest BCUT2D eigenvalue weighted by Gasteiger charge is 2.52. The van der Waals surface area contributed by atoms with E-state index in [1.165, 1.54) is 0 Å². The Morgan fingerprint density at radius 2 is 1.80 bits per heavy atom. The summed E-state index contributed by atoms with van der Waals surface area (Å²) in [6, 6.07) is -0.794. The third-order valence-electron chi connectivity index (χ3n) is 4.83. The lowest BCUT2D eigenvalue weighted by Crippen LogP contribution is -2.34. The summed E-state index contributed by atoms with van der Waals surface area (Å²) >= 11 is 8.81. The minimum absolute atomic E-state index is 0.0941. The van der Waals surface area contributed by atoms with Gasteiger partial charge in [0.25, 0.3) is 0 Å². The summed E-state index contributed by atoms with van der Waals surface area (Å²) in [4.78, 5) is 17.9. The van der Waals surface area contributed by atoms with Gasteiger partial charge in [0.1, 0.15) is 24.5 Å². The molecule has 3 aliphatic rings. The van der Waals surface area contributed by atoms with Gasteiger partial charge in [-0.25, -0.2) is 18.3 Å². The number of alkyl halides is 2. The molecule has 6 unspecified atom stereocenters. The van der Waals surface area contributed by atoms with Gasteiger partial charge < -0.3 is 25.6 Å². The number of fused-ring (bicyclic) bond motifs is 3. The van der Waals surface area contributed by atoms with Gasteiger partial charge in [-0.1, -0.05) is 12.2 Å². The fourth-order valence-electron chi connectivity index (χ4n) is 3.49. The van der Waals surface area contributed by atoms with Gasteiger partial charge in [-0.3, -0.25) is 18.6 Å². The third-order valence-corrected chi connectivity index (χ3v) is 8.00. The van der Waals surface area contributed by atoms with Gasteiger partial charge >= 0.3 is 13.5 Å². The van der Waals surface area contributed by atoms with Crippen molar-refractivity contribution in [2.75, 3.05) is 13.2 Å². The monoisotopic (exact) mass is 510 g/mol. The van der Waals surface area contributed by atoms with Crippen molar-refractivity contribution in [3.8, 4) is 0 Å². The smallest absolute Gasteiger partial charge is 0.386 e. The van der Waals surface area contributed by atoms with Crippen molar-refractivity contribution in [3.05, 3.63) is 0 Å². The molecule has 2 saturated heterocycles. The average Bonchev–Trinajstić information content (AvgIpc) is 3.10. The molecule has 2 bridgehead atoms. The molecular weight excluding hydrogens is 488 g/mol. The van der Waals surface area contributed by atoms with E-state index in [4.69, 9.17) is 46.1 Å². The highest BCUT2D eigenvalue weighted by atomic mass is 32.7. The summed E-state index contributed by atoms with van der Waals surface area (Å²) in [5.74, 6) is -0.845. The van der Waals surface area contributed by atoms with E-state index >= 15 is 0 Å². The normalized spacial score (nSPS) is 50.8. The molecule has 1 aliphatic carbocycles. The predicted molar refractivity (Wildman–Crippen MR) is 110 cm³/mol. The summed E-state index contributed by atoms with van der Waals surface area (Å²) in [5, 5.41) is 0. The van der Waals surface area contributed by atoms with Gasteiger partial charge in [0.15, 0.2) is 12.4 Å². The van der Waals surface area contributed by atoms with Crippen molar-refractivity contribution in [1.82, 2.24) is 0 Å². The van der Waals surface area contributed by atoms with E-state index in [2.05, 4.69) is 22.2 Å². The lowest BCUT2D eigenvalue weighted by atomic mass is 10.1. The Hall–Kier alpha value is -0.210. The maximum atomic E-state index is 14.9. The second-order valence-corrected chi connectivity index (χ2v) is 12.4. The first-order valence-corrected chi connectivity index (χ1v) is 14.1. The van der Waals surface area contributed by atoms with E-state index < -0.39 is 69.0 Å². The third kappa shape index (κ3) is 5.58. The van der Waals surface area contributed by atoms with E-state index in [0.29, 0.717) is 0 Å². The van der Waals surface area contributed by atoms with Gasteiger partial charge in [0, 0.05) is 5.92 Å². The van der Waals surface area contributed by atoms with Crippen molar-refractivity contribution in [2.45, 2.75) is 49.3 Å². The standard InChI is InChI=1S/C13H22F2N4O7P2S2/c14-9-6-1-7(18-4-16)11(9)25-28(21,30)23-3-8-12(26-27(20,29)22-2-6)10(15)13(24-8)19-5-17/h4-13H,1-3H2,(H2,16,18)(H2,17,19)(H,20,29)(H,21,30)/t6-,7-,8-,9?,10?,11?,12?,13-,27?,28?/m1/s1. The number of aliphatic imine (C=N–C) groups is 2. The van der Waals surface area contributed by atoms with Crippen LogP contribution in [0.4, 0.5) is 8.78 Å². The molecule has 10 atom stereocenters. The molecule has 17 heteroatoms. The molecule has 0 aromatic carbocycles. The van der Waals surface area contributed by atoms with Crippen LogP contribution >= 0.6 is 25.8 Å². The molecule has 0 aromatic rings. The molecule has 5 N–H and O–H groups in total. The lowest BCUT2D eigenvalue weighted by molar-refractivity contribution is -0.0145. The van der Waals surface area contributed by atoms with Gasteiger partial charge in [-0.2, -0.15) is 0 Å². The van der Waals surface area contributed by atoms with Crippen LogP contribution in [-0.2, 0) is 39.2 Å². The van der Waals surface area contributed by atoms with Crippen LogP contribution in [0.15, 0.2) is 9.98 Å². The zero-order valence-electron chi connectivity index (χ0n) is 15.3. The summed E-state index contributed by atoms with van der Waals surface area (Å²) in [7, 11) is 0. The van der Waals surface area contributed by atoms with Crippen LogP contribution in [0.1, 0.15) is 6.42 Å². The molecule has 0 aromatic heterocycles. The SMILES string of the molecule is NC=N[C@@H]1O[C@@H]2COP(=O)(S)OC3C(F)[C@@H](COP(O)(=S)OC2C1F)C[C@H]3N=CN. The predicted octanol–water partition coefficient (Wildman–Crippen LogP) is 0.822. The quantitative estimate of drug-likeness (QED) is 0.181. The maximum absolute atomic E-state index is 14.9. The number of nitrogens with zero attached hydrogens (tertiary/aromatic N) is 2. The van der Waals surface area contributed by atoms with Crippen molar-refractivity contribution >= 4 is 50.2 Å². The molecule has 2 heterocycles. The summed E-state index contributed by atoms with van der Waals surface area (Å²) < 4.78 is 68.7. The number of hydrogen-bond acceptors (Lipinski definition) is 9. The van der Waals surface area contributed by atoms with Crippen LogP contribution in [0, 0.1) is 5.92 Å². The minimum Gasteiger partial charge on any atom is -0.390 e. The molecular formula is C13H22F2N4O7P2S2. The van der Waals surface area contributed by atoms with E-state index in [1.54, 1.807) is 0 Å². The zero-order chi connectivity index (χ0) is 22.1. The summed E-state index contributed by atoms with van der Waals surface area (Å²) in [6.45, 7) is -9.07.